The number of H-pyrrole nitrogens is 1. The molecule has 2 aromatic carbocycles. The average Bonchev–Trinajstić information content (AvgIpc) is 3.15. The number of hydrogen-bond donors (Lipinski definition) is 3. The van der Waals surface area contributed by atoms with Crippen LogP contribution in [0.1, 0.15) is 27.2 Å². The highest BCUT2D eigenvalue weighted by molar-refractivity contribution is 6.30. The molecule has 0 aliphatic heterocycles. The van der Waals surface area contributed by atoms with Crippen molar-refractivity contribution >= 4 is 23.7 Å². The number of hydrazone groups is 1. The zero-order chi connectivity index (χ0) is 20.3. The summed E-state index contributed by atoms with van der Waals surface area (Å²) < 4.78 is 5.31. The second kappa shape index (κ2) is 8.14. The molecule has 28 heavy (non-hydrogen) atoms. The van der Waals surface area contributed by atoms with E-state index in [-0.39, 0.29) is 11.4 Å². The monoisotopic (exact) mass is 398 g/mol. The molecule has 1 aromatic heterocycles. The molecule has 0 aliphatic rings. The third kappa shape index (κ3) is 4.15. The Morgan fingerprint density at radius 2 is 1.96 bits per heavy atom. The van der Waals surface area contributed by atoms with Crippen molar-refractivity contribution < 1.29 is 14.6 Å². The Labute approximate surface area is 167 Å². The van der Waals surface area contributed by atoms with Crippen molar-refractivity contribution in [2.45, 2.75) is 13.8 Å². The van der Waals surface area contributed by atoms with Crippen LogP contribution >= 0.6 is 11.6 Å². The smallest absolute Gasteiger partial charge is 0.289 e. The van der Waals surface area contributed by atoms with E-state index in [1.54, 1.807) is 50.2 Å². The topological polar surface area (TPSA) is 99.6 Å². The zero-order valence-electron chi connectivity index (χ0n) is 15.6. The first-order valence-corrected chi connectivity index (χ1v) is 8.79. The Hall–Kier alpha value is -3.32. The predicted octanol–water partition coefficient (Wildman–Crippen LogP) is 3.83. The molecule has 7 nitrogen and oxygen atoms in total. The summed E-state index contributed by atoms with van der Waals surface area (Å²) in [5, 5.41) is 21.1. The molecule has 0 radical (unpaired) electrons. The normalized spacial score (nSPS) is 11.0. The summed E-state index contributed by atoms with van der Waals surface area (Å²) in [7, 11) is 1.54. The minimum absolute atomic E-state index is 0.252. The maximum Gasteiger partial charge on any atom is 0.289 e. The summed E-state index contributed by atoms with van der Waals surface area (Å²) in [5.74, 6) is 0.376. The maximum atomic E-state index is 12.3. The SMILES string of the molecule is COc1cc(Cl)ccc1-c1cc(C(=O)N/N=C/c2cc(C)c(O)c(C)c2)[nH]n1. The van der Waals surface area contributed by atoms with Crippen molar-refractivity contribution in [3.8, 4) is 22.8 Å². The molecular weight excluding hydrogens is 380 g/mol. The van der Waals surface area contributed by atoms with Crippen LogP contribution in [0, 0.1) is 13.8 Å². The van der Waals surface area contributed by atoms with Crippen molar-refractivity contribution in [2.24, 2.45) is 5.10 Å². The number of aromatic nitrogens is 2. The van der Waals surface area contributed by atoms with Gasteiger partial charge in [-0.1, -0.05) is 11.6 Å². The highest BCUT2D eigenvalue weighted by Crippen LogP contribution is 2.31. The number of phenolic OH excluding ortho intramolecular Hbond substituents is 1. The first-order valence-electron chi connectivity index (χ1n) is 8.42. The standard InChI is InChI=1S/C20H19ClN4O3/c1-11-6-13(7-12(2)19(11)26)10-22-25-20(27)17-9-16(23-24-17)15-5-4-14(21)8-18(15)28-3/h4-10,26H,1-3H3,(H,23,24)(H,25,27)/b22-10+. The molecule has 3 aromatic rings. The van der Waals surface area contributed by atoms with Gasteiger partial charge in [0.25, 0.3) is 5.91 Å². The summed E-state index contributed by atoms with van der Waals surface area (Å²) in [6, 6.07) is 10.3. The number of carbonyl (C=O) groups excluding carboxylic acids is 1. The van der Waals surface area contributed by atoms with Gasteiger partial charge in [-0.15, -0.1) is 0 Å². The number of halogens is 1. The van der Waals surface area contributed by atoms with E-state index in [2.05, 4.69) is 20.7 Å². The van der Waals surface area contributed by atoms with Gasteiger partial charge in [-0.2, -0.15) is 10.2 Å². The van der Waals surface area contributed by atoms with Gasteiger partial charge in [-0.3, -0.25) is 9.89 Å². The fraction of sp³-hybridized carbons (Fsp3) is 0.150. The first-order chi connectivity index (χ1) is 13.4. The van der Waals surface area contributed by atoms with E-state index in [1.165, 1.54) is 13.3 Å². The number of carbonyl (C=O) groups is 1. The van der Waals surface area contributed by atoms with Crippen molar-refractivity contribution in [2.75, 3.05) is 7.11 Å². The number of benzene rings is 2. The maximum absolute atomic E-state index is 12.3. The number of methoxy groups -OCH3 is 1. The molecular formula is C20H19ClN4O3. The highest BCUT2D eigenvalue weighted by atomic mass is 35.5. The van der Waals surface area contributed by atoms with E-state index in [9.17, 15) is 9.90 Å². The van der Waals surface area contributed by atoms with Crippen LogP contribution < -0.4 is 10.2 Å². The van der Waals surface area contributed by atoms with Crippen molar-refractivity contribution in [3.63, 3.8) is 0 Å². The molecule has 0 saturated heterocycles. The third-order valence-corrected chi connectivity index (χ3v) is 4.39. The van der Waals surface area contributed by atoms with Gasteiger partial charge in [0.15, 0.2) is 0 Å². The Morgan fingerprint density at radius 1 is 1.25 bits per heavy atom. The van der Waals surface area contributed by atoms with E-state index >= 15 is 0 Å². The number of aromatic hydroxyl groups is 1. The van der Waals surface area contributed by atoms with E-state index in [0.29, 0.717) is 22.0 Å². The van der Waals surface area contributed by atoms with Crippen LogP contribution in [0.4, 0.5) is 0 Å². The largest absolute Gasteiger partial charge is 0.507 e. The molecule has 0 fully saturated rings. The number of phenols is 1. The van der Waals surface area contributed by atoms with Crippen LogP contribution in [0.25, 0.3) is 11.3 Å². The van der Waals surface area contributed by atoms with Crippen molar-refractivity contribution in [1.29, 1.82) is 0 Å². The van der Waals surface area contributed by atoms with E-state index in [0.717, 1.165) is 16.7 Å². The van der Waals surface area contributed by atoms with Crippen molar-refractivity contribution in [1.82, 2.24) is 15.6 Å². The van der Waals surface area contributed by atoms with Crippen LogP contribution in [0.15, 0.2) is 41.5 Å². The van der Waals surface area contributed by atoms with Crippen LogP contribution in [-0.2, 0) is 0 Å². The molecule has 0 unspecified atom stereocenters. The fourth-order valence-corrected chi connectivity index (χ4v) is 2.90. The Morgan fingerprint density at radius 3 is 2.64 bits per heavy atom. The molecule has 0 aliphatic carbocycles. The van der Waals surface area contributed by atoms with Gasteiger partial charge in [-0.25, -0.2) is 5.43 Å². The van der Waals surface area contributed by atoms with E-state index in [1.807, 2.05) is 0 Å². The summed E-state index contributed by atoms with van der Waals surface area (Å²) >= 11 is 5.97. The van der Waals surface area contributed by atoms with Crippen LogP contribution in [0.2, 0.25) is 5.02 Å². The Balaban J connectivity index is 1.73. The number of ether oxygens (including phenoxy) is 1. The van der Waals surface area contributed by atoms with Crippen LogP contribution in [0.5, 0.6) is 11.5 Å². The lowest BCUT2D eigenvalue weighted by molar-refractivity contribution is 0.0950. The third-order valence-electron chi connectivity index (χ3n) is 4.16. The summed E-state index contributed by atoms with van der Waals surface area (Å²) in [6.07, 6.45) is 1.51. The van der Waals surface area contributed by atoms with Gasteiger partial charge in [0, 0.05) is 10.6 Å². The van der Waals surface area contributed by atoms with E-state index in [4.69, 9.17) is 16.3 Å². The minimum atomic E-state index is -0.435. The molecule has 144 valence electrons. The number of aromatic amines is 1. The first kappa shape index (κ1) is 19.4. The quantitative estimate of drug-likeness (QED) is 0.449. The molecule has 0 saturated carbocycles. The predicted molar refractivity (Wildman–Crippen MR) is 108 cm³/mol. The lowest BCUT2D eigenvalue weighted by atomic mass is 10.1. The highest BCUT2D eigenvalue weighted by Gasteiger charge is 2.14. The molecule has 0 atom stereocenters. The van der Waals surface area contributed by atoms with Gasteiger partial charge in [0.05, 0.1) is 19.0 Å². The molecule has 3 N–H and O–H groups in total. The molecule has 0 bridgehead atoms. The summed E-state index contributed by atoms with van der Waals surface area (Å²) in [5.41, 5.74) is 6.20. The second-order valence-corrected chi connectivity index (χ2v) is 6.65. The number of rotatable bonds is 5. The molecule has 8 heteroatoms. The molecule has 1 amide bonds. The van der Waals surface area contributed by atoms with Crippen LogP contribution in [-0.4, -0.2) is 34.5 Å². The number of nitrogens with zero attached hydrogens (tertiary/aromatic N) is 2. The number of nitrogens with one attached hydrogen (secondary N) is 2. The number of aryl methyl sites for hydroxylation is 2. The van der Waals surface area contributed by atoms with Gasteiger partial charge >= 0.3 is 0 Å². The zero-order valence-corrected chi connectivity index (χ0v) is 16.3. The minimum Gasteiger partial charge on any atom is -0.507 e. The van der Waals surface area contributed by atoms with Gasteiger partial charge in [0.1, 0.15) is 17.2 Å². The molecule has 3 rings (SSSR count). The van der Waals surface area contributed by atoms with Crippen molar-refractivity contribution in [3.05, 3.63) is 63.8 Å². The Bertz CT molecular complexity index is 1040. The van der Waals surface area contributed by atoms with Gasteiger partial charge in [0.2, 0.25) is 0 Å². The average molecular weight is 399 g/mol. The lowest BCUT2D eigenvalue weighted by Crippen LogP contribution is -2.18. The number of amides is 1. The molecule has 1 heterocycles. The lowest BCUT2D eigenvalue weighted by Gasteiger charge is -2.05. The fourth-order valence-electron chi connectivity index (χ4n) is 2.74. The summed E-state index contributed by atoms with van der Waals surface area (Å²) in [6.45, 7) is 3.60. The van der Waals surface area contributed by atoms with E-state index < -0.39 is 5.91 Å². The molecule has 0 spiro atoms. The van der Waals surface area contributed by atoms with Gasteiger partial charge < -0.3 is 9.84 Å². The van der Waals surface area contributed by atoms with Crippen LogP contribution in [0.3, 0.4) is 0 Å². The van der Waals surface area contributed by atoms with Gasteiger partial charge in [-0.05, 0) is 66.9 Å². The summed E-state index contributed by atoms with van der Waals surface area (Å²) in [4.78, 5) is 12.3. The Kier molecular flexibility index (Phi) is 5.65. The second-order valence-electron chi connectivity index (χ2n) is 6.21. The number of hydrogen-bond acceptors (Lipinski definition) is 5.